The van der Waals surface area contributed by atoms with Gasteiger partial charge in [-0.05, 0) is 16.7 Å². The third-order valence-corrected chi connectivity index (χ3v) is 4.61. The first-order valence-electron chi connectivity index (χ1n) is 7.87. The minimum absolute atomic E-state index is 0.352. The van der Waals surface area contributed by atoms with Crippen LogP contribution < -0.4 is 10.6 Å². The van der Waals surface area contributed by atoms with E-state index >= 15 is 0 Å². The summed E-state index contributed by atoms with van der Waals surface area (Å²) < 4.78 is 0. The van der Waals surface area contributed by atoms with Crippen molar-refractivity contribution in [1.82, 2.24) is 15.5 Å². The molecule has 0 amide bonds. The van der Waals surface area contributed by atoms with E-state index in [2.05, 4.69) is 57.1 Å². The second kappa shape index (κ2) is 7.05. The molecule has 0 aliphatic carbocycles. The van der Waals surface area contributed by atoms with Crippen molar-refractivity contribution in [3.05, 3.63) is 0 Å². The lowest BCUT2D eigenvalue weighted by atomic mass is 9.81. The van der Waals surface area contributed by atoms with Crippen LogP contribution in [-0.4, -0.2) is 50.7 Å². The average Bonchev–Trinajstić information content (AvgIpc) is 2.28. The van der Waals surface area contributed by atoms with E-state index in [4.69, 9.17) is 0 Å². The van der Waals surface area contributed by atoms with Gasteiger partial charge in [0, 0.05) is 45.8 Å². The first-order chi connectivity index (χ1) is 8.73. The minimum atomic E-state index is 0.352. The zero-order valence-electron chi connectivity index (χ0n) is 14.0. The first kappa shape index (κ1) is 16.9. The molecule has 0 saturated carbocycles. The predicted octanol–water partition coefficient (Wildman–Crippen LogP) is 2.19. The van der Waals surface area contributed by atoms with E-state index in [0.29, 0.717) is 10.8 Å². The van der Waals surface area contributed by atoms with Crippen molar-refractivity contribution in [2.45, 2.75) is 41.5 Å². The molecule has 1 rings (SSSR count). The third kappa shape index (κ3) is 6.24. The highest BCUT2D eigenvalue weighted by atomic mass is 15.2. The lowest BCUT2D eigenvalue weighted by Crippen LogP contribution is -2.49. The molecule has 3 heteroatoms. The van der Waals surface area contributed by atoms with Gasteiger partial charge in [0.2, 0.25) is 0 Å². The van der Waals surface area contributed by atoms with Crippen molar-refractivity contribution in [2.75, 3.05) is 45.8 Å². The van der Waals surface area contributed by atoms with Crippen LogP contribution in [0.3, 0.4) is 0 Å². The molecule has 0 radical (unpaired) electrons. The van der Waals surface area contributed by atoms with Gasteiger partial charge in [0.05, 0.1) is 0 Å². The Kier molecular flexibility index (Phi) is 6.28. The number of hydrogen-bond acceptors (Lipinski definition) is 3. The Morgan fingerprint density at radius 2 is 1.63 bits per heavy atom. The van der Waals surface area contributed by atoms with Crippen molar-refractivity contribution in [2.24, 2.45) is 16.7 Å². The maximum absolute atomic E-state index is 3.69. The van der Waals surface area contributed by atoms with Gasteiger partial charge in [0.15, 0.2) is 0 Å². The molecule has 0 unspecified atom stereocenters. The Bertz CT molecular complexity index is 253. The van der Waals surface area contributed by atoms with Crippen LogP contribution in [0.2, 0.25) is 0 Å². The zero-order chi connectivity index (χ0) is 14.5. The van der Waals surface area contributed by atoms with Gasteiger partial charge in [-0.3, -0.25) is 0 Å². The largest absolute Gasteiger partial charge is 0.316 e. The fourth-order valence-electron chi connectivity index (χ4n) is 2.46. The molecule has 2 N–H and O–H groups in total. The van der Waals surface area contributed by atoms with Crippen LogP contribution in [0.1, 0.15) is 41.5 Å². The molecule has 0 aromatic rings. The van der Waals surface area contributed by atoms with Gasteiger partial charge < -0.3 is 15.5 Å². The Labute approximate surface area is 120 Å². The topological polar surface area (TPSA) is 27.3 Å². The number of piperazine rings is 1. The highest BCUT2D eigenvalue weighted by Crippen LogP contribution is 2.25. The van der Waals surface area contributed by atoms with Gasteiger partial charge >= 0.3 is 0 Å². The fraction of sp³-hybridized carbons (Fsp3) is 1.00. The standard InChI is InChI=1S/C16H35N3/c1-14(2)16(5,6)12-18-11-15(3,4)13-19-9-7-17-8-10-19/h14,17-18H,7-13H2,1-6H3. The third-order valence-electron chi connectivity index (χ3n) is 4.61. The average molecular weight is 269 g/mol. The lowest BCUT2D eigenvalue weighted by molar-refractivity contribution is 0.150. The highest BCUT2D eigenvalue weighted by molar-refractivity contribution is 4.81. The Hall–Kier alpha value is -0.120. The monoisotopic (exact) mass is 269 g/mol. The number of nitrogens with one attached hydrogen (secondary N) is 2. The quantitative estimate of drug-likeness (QED) is 0.742. The molecule has 0 spiro atoms. The van der Waals surface area contributed by atoms with Gasteiger partial charge in [0.1, 0.15) is 0 Å². The van der Waals surface area contributed by atoms with E-state index in [1.165, 1.54) is 19.6 Å². The molecule has 1 heterocycles. The van der Waals surface area contributed by atoms with Crippen LogP contribution in [0.25, 0.3) is 0 Å². The fourth-order valence-corrected chi connectivity index (χ4v) is 2.46. The smallest absolute Gasteiger partial charge is 0.0108 e. The molecule has 1 aliphatic rings. The van der Waals surface area contributed by atoms with Gasteiger partial charge in [0.25, 0.3) is 0 Å². The van der Waals surface area contributed by atoms with Crippen molar-refractivity contribution in [1.29, 1.82) is 0 Å². The highest BCUT2D eigenvalue weighted by Gasteiger charge is 2.25. The zero-order valence-corrected chi connectivity index (χ0v) is 14.0. The van der Waals surface area contributed by atoms with Crippen LogP contribution in [0.5, 0.6) is 0 Å². The summed E-state index contributed by atoms with van der Waals surface area (Å²) >= 11 is 0. The van der Waals surface area contributed by atoms with Gasteiger partial charge in [-0.25, -0.2) is 0 Å². The van der Waals surface area contributed by atoms with E-state index in [1.54, 1.807) is 0 Å². The van der Waals surface area contributed by atoms with E-state index in [0.717, 1.165) is 32.1 Å². The molecule has 0 bridgehead atoms. The molecule has 0 atom stereocenters. The number of rotatable bonds is 7. The summed E-state index contributed by atoms with van der Waals surface area (Å²) in [7, 11) is 0. The van der Waals surface area contributed by atoms with Crippen molar-refractivity contribution < 1.29 is 0 Å². The van der Waals surface area contributed by atoms with Crippen LogP contribution in [0.15, 0.2) is 0 Å². The van der Waals surface area contributed by atoms with E-state index in [-0.39, 0.29) is 0 Å². The van der Waals surface area contributed by atoms with E-state index < -0.39 is 0 Å². The summed E-state index contributed by atoms with van der Waals surface area (Å²) in [4.78, 5) is 2.59. The van der Waals surface area contributed by atoms with Gasteiger partial charge in [-0.1, -0.05) is 41.5 Å². The summed E-state index contributed by atoms with van der Waals surface area (Å²) in [5.41, 5.74) is 0.732. The summed E-state index contributed by atoms with van der Waals surface area (Å²) in [6, 6.07) is 0. The molecule has 1 aliphatic heterocycles. The number of nitrogens with zero attached hydrogens (tertiary/aromatic N) is 1. The van der Waals surface area contributed by atoms with Gasteiger partial charge in [-0.15, -0.1) is 0 Å². The van der Waals surface area contributed by atoms with Crippen LogP contribution >= 0.6 is 0 Å². The molecule has 19 heavy (non-hydrogen) atoms. The SMILES string of the molecule is CC(C)C(C)(C)CNCC(C)(C)CN1CCNCC1. The predicted molar refractivity (Wildman–Crippen MR) is 84.6 cm³/mol. The maximum Gasteiger partial charge on any atom is 0.0108 e. The molecule has 114 valence electrons. The second-order valence-corrected chi connectivity index (χ2v) is 7.94. The van der Waals surface area contributed by atoms with Gasteiger partial charge in [-0.2, -0.15) is 0 Å². The molecule has 3 nitrogen and oxygen atoms in total. The maximum atomic E-state index is 3.69. The van der Waals surface area contributed by atoms with Crippen molar-refractivity contribution in [3.63, 3.8) is 0 Å². The molecular weight excluding hydrogens is 234 g/mol. The van der Waals surface area contributed by atoms with Crippen LogP contribution in [0.4, 0.5) is 0 Å². The Morgan fingerprint density at radius 1 is 1.05 bits per heavy atom. The Balaban J connectivity index is 2.29. The van der Waals surface area contributed by atoms with Crippen molar-refractivity contribution >= 4 is 0 Å². The normalized spacial score (nSPS) is 19.1. The first-order valence-corrected chi connectivity index (χ1v) is 7.87. The molecule has 0 aromatic carbocycles. The molecule has 1 fully saturated rings. The van der Waals surface area contributed by atoms with E-state index in [9.17, 15) is 0 Å². The second-order valence-electron chi connectivity index (χ2n) is 7.94. The summed E-state index contributed by atoms with van der Waals surface area (Å²) in [6.45, 7) is 22.2. The number of hydrogen-bond donors (Lipinski definition) is 2. The summed E-state index contributed by atoms with van der Waals surface area (Å²) in [6.07, 6.45) is 0. The van der Waals surface area contributed by atoms with Crippen molar-refractivity contribution in [3.8, 4) is 0 Å². The van der Waals surface area contributed by atoms with Crippen LogP contribution in [-0.2, 0) is 0 Å². The molecular formula is C16H35N3. The van der Waals surface area contributed by atoms with E-state index in [1.807, 2.05) is 0 Å². The lowest BCUT2D eigenvalue weighted by Gasteiger charge is -2.37. The minimum Gasteiger partial charge on any atom is -0.316 e. The summed E-state index contributed by atoms with van der Waals surface area (Å²) in [5.74, 6) is 0.719. The molecule has 0 aromatic heterocycles. The molecule has 1 saturated heterocycles. The van der Waals surface area contributed by atoms with Crippen LogP contribution in [0, 0.1) is 16.7 Å². The summed E-state index contributed by atoms with van der Waals surface area (Å²) in [5, 5.41) is 7.11. The Morgan fingerprint density at radius 3 is 2.16 bits per heavy atom.